The van der Waals surface area contributed by atoms with Gasteiger partial charge in [0.15, 0.2) is 0 Å². The summed E-state index contributed by atoms with van der Waals surface area (Å²) in [6, 6.07) is 14.7. The molecule has 0 aromatic heterocycles. The van der Waals surface area contributed by atoms with Crippen LogP contribution in [0.15, 0.2) is 47.4 Å². The molecule has 110 valence electrons. The summed E-state index contributed by atoms with van der Waals surface area (Å²) in [6.07, 6.45) is 0.876. The lowest BCUT2D eigenvalue weighted by Crippen LogP contribution is -2.29. The van der Waals surface area contributed by atoms with Gasteiger partial charge in [0.05, 0.1) is 16.0 Å². The van der Waals surface area contributed by atoms with Gasteiger partial charge in [0.2, 0.25) is 0 Å². The highest BCUT2D eigenvalue weighted by Gasteiger charge is 2.35. The van der Waals surface area contributed by atoms with Crippen LogP contribution in [0.4, 0.5) is 0 Å². The van der Waals surface area contributed by atoms with Gasteiger partial charge >= 0.3 is 0 Å². The summed E-state index contributed by atoms with van der Waals surface area (Å²) in [5.41, 5.74) is 5.06. The summed E-state index contributed by atoms with van der Waals surface area (Å²) in [7, 11) is 0.960. The Bertz CT molecular complexity index is 695. The first-order valence-electron chi connectivity index (χ1n) is 7.34. The fourth-order valence-corrected chi connectivity index (χ4v) is 4.82. The molecule has 0 saturated carbocycles. The van der Waals surface area contributed by atoms with Gasteiger partial charge in [-0.05, 0) is 61.7 Å². The second kappa shape index (κ2) is 5.74. The molecule has 3 heteroatoms. The second-order valence-corrected chi connectivity index (χ2v) is 7.42. The zero-order valence-corrected chi connectivity index (χ0v) is 13.5. The number of nitrogens with one attached hydrogen (secondary N) is 1. The van der Waals surface area contributed by atoms with Crippen LogP contribution in [0.3, 0.4) is 0 Å². The van der Waals surface area contributed by atoms with E-state index in [0.717, 1.165) is 11.3 Å². The minimum Gasteiger partial charge on any atom is -0.312 e. The molecular weight excluding hydrogens is 278 g/mol. The Kier molecular flexibility index (Phi) is 3.96. The fraction of sp³-hybridized carbons (Fsp3) is 0.333. The third-order valence-electron chi connectivity index (χ3n) is 4.48. The molecule has 0 bridgehead atoms. The third kappa shape index (κ3) is 2.56. The molecule has 0 heterocycles. The Hall–Kier alpha value is -1.45. The zero-order valence-electron chi connectivity index (χ0n) is 12.7. The maximum atomic E-state index is 13.0. The summed E-state index contributed by atoms with van der Waals surface area (Å²) in [5.74, 6) is 0. The van der Waals surface area contributed by atoms with Gasteiger partial charge in [-0.3, -0.25) is 4.21 Å². The predicted molar refractivity (Wildman–Crippen MR) is 88.1 cm³/mol. The number of benzene rings is 2. The average molecular weight is 299 g/mol. The van der Waals surface area contributed by atoms with Crippen molar-refractivity contribution in [2.75, 3.05) is 7.05 Å². The molecule has 1 aliphatic rings. The van der Waals surface area contributed by atoms with Crippen molar-refractivity contribution in [1.29, 1.82) is 0 Å². The number of hydrogen-bond donors (Lipinski definition) is 1. The number of rotatable bonds is 3. The first kappa shape index (κ1) is 14.5. The molecule has 0 fully saturated rings. The number of fused-ring (bicyclic) bond motifs is 1. The summed E-state index contributed by atoms with van der Waals surface area (Å²) in [5, 5.41) is 3.46. The lowest BCUT2D eigenvalue weighted by Gasteiger charge is -2.20. The Balaban J connectivity index is 1.94. The van der Waals surface area contributed by atoms with Crippen molar-refractivity contribution < 1.29 is 4.21 Å². The van der Waals surface area contributed by atoms with Crippen LogP contribution in [-0.2, 0) is 17.2 Å². The first-order chi connectivity index (χ1) is 10.1. The SMILES string of the molecule is CNC1c2ccccc2CC1S(=O)c1ccc(C)c(C)c1. The predicted octanol–water partition coefficient (Wildman–Crippen LogP) is 3.30. The topological polar surface area (TPSA) is 29.1 Å². The van der Waals surface area contributed by atoms with Crippen LogP contribution in [0.25, 0.3) is 0 Å². The Morgan fingerprint density at radius 3 is 2.57 bits per heavy atom. The molecule has 21 heavy (non-hydrogen) atoms. The minimum absolute atomic E-state index is 0.106. The maximum Gasteiger partial charge on any atom is 0.0629 e. The van der Waals surface area contributed by atoms with Crippen molar-refractivity contribution in [2.24, 2.45) is 0 Å². The van der Waals surface area contributed by atoms with Crippen LogP contribution in [0.5, 0.6) is 0 Å². The molecule has 0 amide bonds. The standard InChI is InChI=1S/C18H21NOS/c1-12-8-9-15(10-13(12)2)21(20)17-11-14-6-4-5-7-16(14)18(17)19-3/h4-10,17-19H,11H2,1-3H3. The smallest absolute Gasteiger partial charge is 0.0629 e. The van der Waals surface area contributed by atoms with Crippen LogP contribution >= 0.6 is 0 Å². The van der Waals surface area contributed by atoms with E-state index in [1.165, 1.54) is 22.3 Å². The van der Waals surface area contributed by atoms with Crippen molar-refractivity contribution in [3.63, 3.8) is 0 Å². The van der Waals surface area contributed by atoms with Crippen molar-refractivity contribution >= 4 is 10.8 Å². The van der Waals surface area contributed by atoms with E-state index in [4.69, 9.17) is 0 Å². The van der Waals surface area contributed by atoms with E-state index < -0.39 is 10.8 Å². The van der Waals surface area contributed by atoms with Gasteiger partial charge in [-0.15, -0.1) is 0 Å². The highest BCUT2D eigenvalue weighted by atomic mass is 32.2. The zero-order chi connectivity index (χ0) is 15.0. The van der Waals surface area contributed by atoms with Gasteiger partial charge in [-0.25, -0.2) is 0 Å². The van der Waals surface area contributed by atoms with Crippen LogP contribution in [-0.4, -0.2) is 16.5 Å². The molecule has 2 aromatic rings. The summed E-state index contributed by atoms with van der Waals surface area (Å²) < 4.78 is 13.0. The average Bonchev–Trinajstić information content (AvgIpc) is 2.87. The summed E-state index contributed by atoms with van der Waals surface area (Å²) in [4.78, 5) is 0.941. The van der Waals surface area contributed by atoms with Gasteiger partial charge in [-0.1, -0.05) is 30.3 Å². The molecule has 3 atom stereocenters. The highest BCUT2D eigenvalue weighted by Crippen LogP contribution is 2.36. The van der Waals surface area contributed by atoms with Crippen LogP contribution in [0.2, 0.25) is 0 Å². The van der Waals surface area contributed by atoms with Gasteiger partial charge in [0.1, 0.15) is 0 Å². The van der Waals surface area contributed by atoms with E-state index in [1.807, 2.05) is 13.1 Å². The van der Waals surface area contributed by atoms with Crippen LogP contribution in [0, 0.1) is 13.8 Å². The molecule has 2 nitrogen and oxygen atoms in total. The molecule has 0 spiro atoms. The normalized spacial score (nSPS) is 22.0. The van der Waals surface area contributed by atoms with E-state index >= 15 is 0 Å². The molecular formula is C18H21NOS. The van der Waals surface area contributed by atoms with E-state index in [-0.39, 0.29) is 11.3 Å². The molecule has 0 aliphatic heterocycles. The molecule has 1 N–H and O–H groups in total. The highest BCUT2D eigenvalue weighted by molar-refractivity contribution is 7.85. The van der Waals surface area contributed by atoms with Crippen molar-refractivity contribution in [2.45, 2.75) is 36.5 Å². The molecule has 3 rings (SSSR count). The maximum absolute atomic E-state index is 13.0. The fourth-order valence-electron chi connectivity index (χ4n) is 3.11. The third-order valence-corrected chi connectivity index (χ3v) is 6.19. The Morgan fingerprint density at radius 1 is 1.10 bits per heavy atom. The minimum atomic E-state index is -0.996. The van der Waals surface area contributed by atoms with Crippen molar-refractivity contribution in [3.05, 3.63) is 64.7 Å². The monoisotopic (exact) mass is 299 g/mol. The van der Waals surface area contributed by atoms with E-state index in [9.17, 15) is 4.21 Å². The van der Waals surface area contributed by atoms with Crippen LogP contribution in [0.1, 0.15) is 28.3 Å². The van der Waals surface area contributed by atoms with Crippen molar-refractivity contribution in [3.8, 4) is 0 Å². The van der Waals surface area contributed by atoms with Gasteiger partial charge in [-0.2, -0.15) is 0 Å². The number of hydrogen-bond acceptors (Lipinski definition) is 2. The molecule has 0 saturated heterocycles. The van der Waals surface area contributed by atoms with Crippen LogP contribution < -0.4 is 5.32 Å². The molecule has 2 aromatic carbocycles. The summed E-state index contributed by atoms with van der Waals surface area (Å²) >= 11 is 0. The molecule has 1 aliphatic carbocycles. The first-order valence-corrected chi connectivity index (χ1v) is 8.56. The van der Waals surface area contributed by atoms with Crippen molar-refractivity contribution in [1.82, 2.24) is 5.32 Å². The number of aryl methyl sites for hydroxylation is 2. The van der Waals surface area contributed by atoms with Gasteiger partial charge < -0.3 is 5.32 Å². The second-order valence-electron chi connectivity index (χ2n) is 5.75. The van der Waals surface area contributed by atoms with E-state index in [1.54, 1.807) is 0 Å². The molecule has 3 unspecified atom stereocenters. The summed E-state index contributed by atoms with van der Waals surface area (Å²) in [6.45, 7) is 4.17. The van der Waals surface area contributed by atoms with Gasteiger partial charge in [0.25, 0.3) is 0 Å². The molecule has 0 radical (unpaired) electrons. The van der Waals surface area contributed by atoms with Gasteiger partial charge in [0, 0.05) is 10.9 Å². The Morgan fingerprint density at radius 2 is 1.86 bits per heavy atom. The lowest BCUT2D eigenvalue weighted by atomic mass is 10.1. The van der Waals surface area contributed by atoms with E-state index in [0.29, 0.717) is 0 Å². The quantitative estimate of drug-likeness (QED) is 0.942. The lowest BCUT2D eigenvalue weighted by molar-refractivity contribution is 0.581. The largest absolute Gasteiger partial charge is 0.312 e. The van der Waals surface area contributed by atoms with E-state index in [2.05, 4.69) is 55.6 Å². The Labute approximate surface area is 129 Å².